The van der Waals surface area contributed by atoms with Gasteiger partial charge >= 0.3 is 0 Å². The van der Waals surface area contributed by atoms with Gasteiger partial charge in [-0.05, 0) is 38.6 Å². The number of piperidine rings is 1. The standard InChI is InChI=1S/C13H20N4O/c1-16-7-3-4-11(9-16)17(2)13(18)12-6-5-10(14)8-15-12/h5-6,8,11H,3-4,7,9,14H2,1-2H3. The topological polar surface area (TPSA) is 62.5 Å². The van der Waals surface area contributed by atoms with Crippen LogP contribution < -0.4 is 5.73 Å². The van der Waals surface area contributed by atoms with Gasteiger partial charge in [0, 0.05) is 19.6 Å². The van der Waals surface area contributed by atoms with Gasteiger partial charge in [0.2, 0.25) is 0 Å². The Labute approximate surface area is 108 Å². The Morgan fingerprint density at radius 2 is 2.33 bits per heavy atom. The number of likely N-dealkylation sites (tertiary alicyclic amines) is 1. The number of nitrogen functional groups attached to an aromatic ring is 1. The summed E-state index contributed by atoms with van der Waals surface area (Å²) in [5, 5.41) is 0. The summed E-state index contributed by atoms with van der Waals surface area (Å²) in [4.78, 5) is 20.4. The number of pyridine rings is 1. The monoisotopic (exact) mass is 248 g/mol. The van der Waals surface area contributed by atoms with E-state index in [-0.39, 0.29) is 11.9 Å². The third-order valence-electron chi connectivity index (χ3n) is 3.47. The molecule has 1 fully saturated rings. The molecule has 18 heavy (non-hydrogen) atoms. The highest BCUT2D eigenvalue weighted by Crippen LogP contribution is 2.15. The van der Waals surface area contributed by atoms with Gasteiger partial charge in [-0.25, -0.2) is 4.98 Å². The van der Waals surface area contributed by atoms with Crippen LogP contribution in [-0.4, -0.2) is 53.9 Å². The highest BCUT2D eigenvalue weighted by molar-refractivity contribution is 5.92. The number of rotatable bonds is 2. The first kappa shape index (κ1) is 12.8. The third-order valence-corrected chi connectivity index (χ3v) is 3.47. The zero-order chi connectivity index (χ0) is 13.1. The van der Waals surface area contributed by atoms with Gasteiger partial charge in [-0.15, -0.1) is 0 Å². The van der Waals surface area contributed by atoms with E-state index < -0.39 is 0 Å². The van der Waals surface area contributed by atoms with Gasteiger partial charge < -0.3 is 15.5 Å². The molecule has 2 rings (SSSR count). The van der Waals surface area contributed by atoms with E-state index in [0.717, 1.165) is 25.9 Å². The fourth-order valence-corrected chi connectivity index (χ4v) is 2.33. The maximum Gasteiger partial charge on any atom is 0.272 e. The Morgan fingerprint density at radius 1 is 1.56 bits per heavy atom. The average Bonchev–Trinajstić information content (AvgIpc) is 2.38. The Bertz CT molecular complexity index is 418. The van der Waals surface area contributed by atoms with E-state index in [0.29, 0.717) is 11.4 Å². The molecule has 1 aromatic rings. The minimum atomic E-state index is -0.0321. The molecule has 5 nitrogen and oxygen atoms in total. The molecule has 98 valence electrons. The molecule has 1 amide bonds. The van der Waals surface area contributed by atoms with Crippen molar-refractivity contribution >= 4 is 11.6 Å². The van der Waals surface area contributed by atoms with Crippen LogP contribution in [0.5, 0.6) is 0 Å². The van der Waals surface area contributed by atoms with Crippen LogP contribution in [0.2, 0.25) is 0 Å². The lowest BCUT2D eigenvalue weighted by Crippen LogP contribution is -2.47. The summed E-state index contributed by atoms with van der Waals surface area (Å²) < 4.78 is 0. The minimum absolute atomic E-state index is 0.0321. The number of amides is 1. The lowest BCUT2D eigenvalue weighted by atomic mass is 10.0. The fourth-order valence-electron chi connectivity index (χ4n) is 2.33. The van der Waals surface area contributed by atoms with Crippen LogP contribution in [-0.2, 0) is 0 Å². The largest absolute Gasteiger partial charge is 0.397 e. The summed E-state index contributed by atoms with van der Waals surface area (Å²) in [6, 6.07) is 3.66. The third kappa shape index (κ3) is 2.79. The van der Waals surface area contributed by atoms with Crippen LogP contribution in [0.3, 0.4) is 0 Å². The predicted molar refractivity (Wildman–Crippen MR) is 71.3 cm³/mol. The number of likely N-dealkylation sites (N-methyl/N-ethyl adjacent to an activating group) is 2. The normalized spacial score (nSPS) is 20.7. The molecule has 1 unspecified atom stereocenters. The second kappa shape index (κ2) is 5.35. The van der Waals surface area contributed by atoms with E-state index in [9.17, 15) is 4.79 Å². The summed E-state index contributed by atoms with van der Waals surface area (Å²) in [6.45, 7) is 2.04. The zero-order valence-electron chi connectivity index (χ0n) is 11.0. The highest BCUT2D eigenvalue weighted by Gasteiger charge is 2.25. The molecule has 5 heteroatoms. The number of anilines is 1. The highest BCUT2D eigenvalue weighted by atomic mass is 16.2. The first-order chi connectivity index (χ1) is 8.58. The van der Waals surface area contributed by atoms with Gasteiger partial charge in [0.05, 0.1) is 11.9 Å². The molecular weight excluding hydrogens is 228 g/mol. The molecule has 1 aliphatic heterocycles. The number of aromatic nitrogens is 1. The second-order valence-corrected chi connectivity index (χ2v) is 4.95. The van der Waals surface area contributed by atoms with Gasteiger partial charge in [0.1, 0.15) is 5.69 Å². The molecule has 1 aliphatic rings. The van der Waals surface area contributed by atoms with E-state index >= 15 is 0 Å². The second-order valence-electron chi connectivity index (χ2n) is 4.95. The Morgan fingerprint density at radius 3 is 2.94 bits per heavy atom. The molecule has 1 aromatic heterocycles. The molecule has 0 aromatic carbocycles. The molecular formula is C13H20N4O. The summed E-state index contributed by atoms with van der Waals surface area (Å²) in [5.74, 6) is -0.0321. The average molecular weight is 248 g/mol. The van der Waals surface area contributed by atoms with Crippen LogP contribution in [0, 0.1) is 0 Å². The van der Waals surface area contributed by atoms with Crippen molar-refractivity contribution < 1.29 is 4.79 Å². The molecule has 2 N–H and O–H groups in total. The van der Waals surface area contributed by atoms with Crippen LogP contribution in [0.15, 0.2) is 18.3 Å². The van der Waals surface area contributed by atoms with Crippen LogP contribution >= 0.6 is 0 Å². The molecule has 0 aliphatic carbocycles. The van der Waals surface area contributed by atoms with E-state index in [2.05, 4.69) is 16.9 Å². The Kier molecular flexibility index (Phi) is 3.81. The molecule has 2 heterocycles. The first-order valence-electron chi connectivity index (χ1n) is 6.25. The van der Waals surface area contributed by atoms with Crippen molar-refractivity contribution in [3.63, 3.8) is 0 Å². The number of nitrogens with two attached hydrogens (primary N) is 1. The summed E-state index contributed by atoms with van der Waals surface area (Å²) in [7, 11) is 3.94. The molecule has 1 saturated heterocycles. The maximum atomic E-state index is 12.3. The molecule has 0 spiro atoms. The van der Waals surface area contributed by atoms with Crippen molar-refractivity contribution in [3.05, 3.63) is 24.0 Å². The summed E-state index contributed by atoms with van der Waals surface area (Å²) in [6.07, 6.45) is 3.71. The summed E-state index contributed by atoms with van der Waals surface area (Å²) >= 11 is 0. The Balaban J connectivity index is 2.06. The first-order valence-corrected chi connectivity index (χ1v) is 6.25. The molecule has 0 bridgehead atoms. The van der Waals surface area contributed by atoms with E-state index in [4.69, 9.17) is 5.73 Å². The van der Waals surface area contributed by atoms with E-state index in [1.165, 1.54) is 6.20 Å². The number of hydrogen-bond acceptors (Lipinski definition) is 4. The lowest BCUT2D eigenvalue weighted by molar-refractivity contribution is 0.0638. The Hall–Kier alpha value is -1.62. The smallest absolute Gasteiger partial charge is 0.272 e. The minimum Gasteiger partial charge on any atom is -0.397 e. The fraction of sp³-hybridized carbons (Fsp3) is 0.538. The molecule has 0 radical (unpaired) electrons. The molecule has 1 atom stereocenters. The van der Waals surface area contributed by atoms with Crippen molar-refractivity contribution in [2.45, 2.75) is 18.9 Å². The lowest BCUT2D eigenvalue weighted by Gasteiger charge is -2.35. The van der Waals surface area contributed by atoms with Gasteiger partial charge in [-0.1, -0.05) is 0 Å². The summed E-state index contributed by atoms with van der Waals surface area (Å²) in [5.41, 5.74) is 6.60. The SMILES string of the molecule is CN1CCCC(N(C)C(=O)c2ccc(N)cn2)C1. The van der Waals surface area contributed by atoms with Crippen molar-refractivity contribution in [2.75, 3.05) is 32.9 Å². The quantitative estimate of drug-likeness (QED) is 0.842. The zero-order valence-corrected chi connectivity index (χ0v) is 11.0. The number of nitrogens with zero attached hydrogens (tertiary/aromatic N) is 3. The number of carbonyl (C=O) groups excluding carboxylic acids is 1. The van der Waals surface area contributed by atoms with Crippen LogP contribution in [0.25, 0.3) is 0 Å². The van der Waals surface area contributed by atoms with Crippen molar-refractivity contribution in [1.29, 1.82) is 0 Å². The van der Waals surface area contributed by atoms with Gasteiger partial charge in [0.15, 0.2) is 0 Å². The van der Waals surface area contributed by atoms with E-state index in [1.807, 2.05) is 7.05 Å². The van der Waals surface area contributed by atoms with Crippen molar-refractivity contribution in [1.82, 2.24) is 14.8 Å². The van der Waals surface area contributed by atoms with Crippen LogP contribution in [0.1, 0.15) is 23.3 Å². The predicted octanol–water partition coefficient (Wildman–Crippen LogP) is 0.830. The number of hydrogen-bond donors (Lipinski definition) is 1. The van der Waals surface area contributed by atoms with Crippen molar-refractivity contribution in [2.24, 2.45) is 0 Å². The number of carbonyl (C=O) groups is 1. The van der Waals surface area contributed by atoms with E-state index in [1.54, 1.807) is 17.0 Å². The van der Waals surface area contributed by atoms with Crippen molar-refractivity contribution in [3.8, 4) is 0 Å². The van der Waals surface area contributed by atoms with Gasteiger partial charge in [-0.3, -0.25) is 4.79 Å². The van der Waals surface area contributed by atoms with Gasteiger partial charge in [0.25, 0.3) is 5.91 Å². The molecule has 0 saturated carbocycles. The van der Waals surface area contributed by atoms with Crippen LogP contribution in [0.4, 0.5) is 5.69 Å². The maximum absolute atomic E-state index is 12.3. The van der Waals surface area contributed by atoms with Gasteiger partial charge in [-0.2, -0.15) is 0 Å².